The molecule has 0 spiro atoms. The van der Waals surface area contributed by atoms with Gasteiger partial charge in [0.05, 0.1) is 17.1 Å². The Kier molecular flexibility index (Phi) is 4.61. The van der Waals surface area contributed by atoms with Gasteiger partial charge in [0.15, 0.2) is 0 Å². The van der Waals surface area contributed by atoms with E-state index in [0.29, 0.717) is 0 Å². The molecule has 0 aliphatic heterocycles. The van der Waals surface area contributed by atoms with Gasteiger partial charge in [-0.2, -0.15) is 0 Å². The average Bonchev–Trinajstić information content (AvgIpc) is 2.18. The highest BCUT2D eigenvalue weighted by Crippen LogP contribution is 2.32. The highest BCUT2D eigenvalue weighted by Gasteiger charge is 2.22. The van der Waals surface area contributed by atoms with Gasteiger partial charge in [0.1, 0.15) is 0 Å². The topological polar surface area (TPSA) is 50.2 Å². The Morgan fingerprint density at radius 2 is 2.25 bits per heavy atom. The number of carboxylic acids is 1. The van der Waals surface area contributed by atoms with Gasteiger partial charge in [-0.05, 0) is 5.56 Å². The van der Waals surface area contributed by atoms with Crippen LogP contribution in [-0.4, -0.2) is 16.1 Å². The van der Waals surface area contributed by atoms with E-state index in [-0.39, 0.29) is 21.6 Å². The van der Waals surface area contributed by atoms with Gasteiger partial charge in [0.2, 0.25) is 0 Å². The molecule has 0 aliphatic carbocycles. The summed E-state index contributed by atoms with van der Waals surface area (Å²) in [6, 6.07) is 0. The average molecular weight is 315 g/mol. The molecule has 3 nitrogen and oxygen atoms in total. The van der Waals surface area contributed by atoms with E-state index < -0.39 is 24.4 Å². The number of hydrogen-bond acceptors (Lipinski definition) is 2. The summed E-state index contributed by atoms with van der Waals surface area (Å²) < 4.78 is 25.6. The Balaban J connectivity index is 3.32. The predicted molar refractivity (Wildman–Crippen MR) is 58.2 cm³/mol. The van der Waals surface area contributed by atoms with Crippen molar-refractivity contribution in [3.8, 4) is 0 Å². The molecule has 0 radical (unpaired) electrons. The summed E-state index contributed by atoms with van der Waals surface area (Å²) in [5.41, 5.74) is -0.365. The van der Waals surface area contributed by atoms with Gasteiger partial charge < -0.3 is 5.11 Å². The van der Waals surface area contributed by atoms with Crippen LogP contribution in [0.4, 0.5) is 8.78 Å². The van der Waals surface area contributed by atoms with Gasteiger partial charge in [0.25, 0.3) is 6.43 Å². The third-order valence-electron chi connectivity index (χ3n) is 1.93. The van der Waals surface area contributed by atoms with E-state index in [1.807, 2.05) is 0 Å². The number of carboxylic acid groups (broad SMARTS) is 1. The number of aromatic nitrogens is 1. The van der Waals surface area contributed by atoms with E-state index >= 15 is 0 Å². The summed E-state index contributed by atoms with van der Waals surface area (Å²) >= 11 is 8.74. The van der Waals surface area contributed by atoms with Gasteiger partial charge >= 0.3 is 5.97 Å². The van der Waals surface area contributed by atoms with Crippen LogP contribution in [0, 0.1) is 0 Å². The standard InChI is InChI=1S/C9H7BrClF2NO2/c10-2-4-5(11)3-14-6(1-7(15)16)8(4)9(12)13/h3,9H,1-2H2,(H,15,16). The minimum absolute atomic E-state index is 0.0984. The van der Waals surface area contributed by atoms with Crippen LogP contribution in [0.2, 0.25) is 5.02 Å². The van der Waals surface area contributed by atoms with Crippen molar-refractivity contribution in [2.75, 3.05) is 0 Å². The zero-order chi connectivity index (χ0) is 12.3. The molecule has 0 saturated carbocycles. The molecule has 7 heteroatoms. The number of nitrogens with zero attached hydrogens (tertiary/aromatic N) is 1. The molecule has 0 atom stereocenters. The van der Waals surface area contributed by atoms with Gasteiger partial charge in [0, 0.05) is 17.1 Å². The van der Waals surface area contributed by atoms with Crippen LogP contribution in [0.5, 0.6) is 0 Å². The first kappa shape index (κ1) is 13.3. The summed E-state index contributed by atoms with van der Waals surface area (Å²) in [6.45, 7) is 0. The van der Waals surface area contributed by atoms with Crippen LogP contribution < -0.4 is 0 Å². The molecule has 1 heterocycles. The highest BCUT2D eigenvalue weighted by molar-refractivity contribution is 9.08. The van der Waals surface area contributed by atoms with Crippen LogP contribution in [0.1, 0.15) is 23.2 Å². The molecule has 0 bridgehead atoms. The van der Waals surface area contributed by atoms with Crippen LogP contribution in [0.25, 0.3) is 0 Å². The highest BCUT2D eigenvalue weighted by atomic mass is 79.9. The third kappa shape index (κ3) is 2.89. The minimum Gasteiger partial charge on any atom is -0.481 e. The Labute approximate surface area is 104 Å². The number of aliphatic carboxylic acids is 1. The van der Waals surface area contributed by atoms with E-state index in [9.17, 15) is 13.6 Å². The maximum Gasteiger partial charge on any atom is 0.309 e. The monoisotopic (exact) mass is 313 g/mol. The van der Waals surface area contributed by atoms with Crippen molar-refractivity contribution in [1.82, 2.24) is 4.98 Å². The van der Waals surface area contributed by atoms with Crippen molar-refractivity contribution in [1.29, 1.82) is 0 Å². The van der Waals surface area contributed by atoms with Crippen LogP contribution in [0.3, 0.4) is 0 Å². The van der Waals surface area contributed by atoms with Gasteiger partial charge in [-0.15, -0.1) is 0 Å². The summed E-state index contributed by atoms with van der Waals surface area (Å²) in [6.07, 6.45) is -2.16. The van der Waals surface area contributed by atoms with Crippen LogP contribution in [-0.2, 0) is 16.5 Å². The van der Waals surface area contributed by atoms with E-state index in [1.54, 1.807) is 0 Å². The number of alkyl halides is 3. The first-order chi connectivity index (χ1) is 7.47. The van der Waals surface area contributed by atoms with Crippen molar-refractivity contribution < 1.29 is 18.7 Å². The maximum absolute atomic E-state index is 12.8. The molecule has 0 saturated heterocycles. The van der Waals surface area contributed by atoms with Crippen LogP contribution >= 0.6 is 27.5 Å². The summed E-state index contributed by atoms with van der Waals surface area (Å²) in [5.74, 6) is -1.21. The second kappa shape index (κ2) is 5.54. The molecule has 1 aromatic rings. The number of carbonyl (C=O) groups is 1. The van der Waals surface area contributed by atoms with E-state index in [4.69, 9.17) is 16.7 Å². The fraction of sp³-hybridized carbons (Fsp3) is 0.333. The van der Waals surface area contributed by atoms with E-state index in [2.05, 4.69) is 20.9 Å². The lowest BCUT2D eigenvalue weighted by atomic mass is 10.1. The summed E-state index contributed by atoms with van der Waals surface area (Å²) in [7, 11) is 0. The lowest BCUT2D eigenvalue weighted by Crippen LogP contribution is -2.09. The number of pyridine rings is 1. The number of rotatable bonds is 4. The quantitative estimate of drug-likeness (QED) is 0.868. The zero-order valence-electron chi connectivity index (χ0n) is 7.88. The van der Waals surface area contributed by atoms with Gasteiger partial charge in [-0.3, -0.25) is 9.78 Å². The Morgan fingerprint density at radius 1 is 1.62 bits per heavy atom. The molecule has 0 aromatic carbocycles. The number of hydrogen-bond donors (Lipinski definition) is 1. The minimum atomic E-state index is -2.80. The SMILES string of the molecule is O=C(O)Cc1ncc(Cl)c(CBr)c1C(F)F. The first-order valence-corrected chi connectivity index (χ1v) is 5.69. The second-order valence-electron chi connectivity index (χ2n) is 2.95. The van der Waals surface area contributed by atoms with E-state index in [1.165, 1.54) is 6.20 Å². The van der Waals surface area contributed by atoms with Gasteiger partial charge in [-0.25, -0.2) is 8.78 Å². The van der Waals surface area contributed by atoms with Crippen molar-refractivity contribution >= 4 is 33.5 Å². The fourth-order valence-electron chi connectivity index (χ4n) is 1.26. The van der Waals surface area contributed by atoms with E-state index in [0.717, 1.165) is 0 Å². The normalized spacial score (nSPS) is 10.8. The lowest BCUT2D eigenvalue weighted by molar-refractivity contribution is -0.136. The zero-order valence-corrected chi connectivity index (χ0v) is 10.2. The van der Waals surface area contributed by atoms with Crippen LogP contribution in [0.15, 0.2) is 6.20 Å². The molecule has 16 heavy (non-hydrogen) atoms. The Bertz CT molecular complexity index is 415. The molecule has 88 valence electrons. The largest absolute Gasteiger partial charge is 0.481 e. The molecule has 0 amide bonds. The fourth-order valence-corrected chi connectivity index (χ4v) is 2.25. The predicted octanol–water partition coefficient (Wildman–Crippen LogP) is 3.19. The maximum atomic E-state index is 12.8. The van der Waals surface area contributed by atoms with Crippen molar-refractivity contribution in [2.24, 2.45) is 0 Å². The molecule has 1 rings (SSSR count). The second-order valence-corrected chi connectivity index (χ2v) is 3.92. The molecule has 1 aromatic heterocycles. The number of halogens is 4. The summed E-state index contributed by atoms with van der Waals surface area (Å²) in [4.78, 5) is 14.1. The summed E-state index contributed by atoms with van der Waals surface area (Å²) in [5, 5.41) is 8.80. The first-order valence-electron chi connectivity index (χ1n) is 4.19. The Hall–Kier alpha value is -0.750. The molecular formula is C9H7BrClF2NO2. The molecular weight excluding hydrogens is 307 g/mol. The van der Waals surface area contributed by atoms with Crippen molar-refractivity contribution in [2.45, 2.75) is 18.2 Å². The van der Waals surface area contributed by atoms with Gasteiger partial charge in [-0.1, -0.05) is 27.5 Å². The molecule has 1 N–H and O–H groups in total. The lowest BCUT2D eigenvalue weighted by Gasteiger charge is -2.12. The van der Waals surface area contributed by atoms with Crippen molar-refractivity contribution in [3.63, 3.8) is 0 Å². The van der Waals surface area contributed by atoms with Crippen molar-refractivity contribution in [3.05, 3.63) is 28.0 Å². The molecule has 0 unspecified atom stereocenters. The third-order valence-corrected chi connectivity index (χ3v) is 2.82. The smallest absolute Gasteiger partial charge is 0.309 e. The molecule has 0 aliphatic rings. The Morgan fingerprint density at radius 3 is 2.69 bits per heavy atom. The molecule has 0 fully saturated rings.